The molecule has 4 heteroatoms. The molecular weight excluding hydrogens is 116 g/mol. The topological polar surface area (TPSA) is 65.1 Å². The molecule has 3 N–H and O–H groups in total. The van der Waals surface area contributed by atoms with Gasteiger partial charge >= 0.3 is 0 Å². The first-order valence-electron chi connectivity index (χ1n) is 3.00. The van der Waals surface area contributed by atoms with Gasteiger partial charge in [0.05, 0.1) is 0 Å². The van der Waals surface area contributed by atoms with Gasteiger partial charge in [0.1, 0.15) is 6.29 Å². The molecule has 0 bridgehead atoms. The Balaban J connectivity index is 2.41. The van der Waals surface area contributed by atoms with Crippen LogP contribution in [0.25, 0.3) is 0 Å². The molecule has 0 spiro atoms. The molecule has 1 heterocycles. The number of nitriles is 1. The third-order valence-electron chi connectivity index (χ3n) is 1.39. The van der Waals surface area contributed by atoms with Crippen molar-refractivity contribution in [2.75, 3.05) is 13.1 Å². The minimum absolute atomic E-state index is 0.260. The minimum Gasteiger partial charge on any atom is -0.298 e. The molecule has 1 saturated heterocycles. The van der Waals surface area contributed by atoms with E-state index in [1.165, 1.54) is 4.90 Å². The number of hydrogen-bond acceptors (Lipinski definition) is 4. The van der Waals surface area contributed by atoms with Crippen LogP contribution in [-0.4, -0.2) is 24.3 Å². The van der Waals surface area contributed by atoms with Crippen LogP contribution in [0.4, 0.5) is 0 Å². The maximum absolute atomic E-state index is 8.42. The summed E-state index contributed by atoms with van der Waals surface area (Å²) in [6.45, 7) is 1.70. The van der Waals surface area contributed by atoms with Crippen molar-refractivity contribution in [2.24, 2.45) is 5.73 Å². The Labute approximate surface area is 54.2 Å². The minimum atomic E-state index is -0.260. The summed E-state index contributed by atoms with van der Waals surface area (Å²) in [6, 6.07) is 0. The van der Waals surface area contributed by atoms with Crippen LogP contribution >= 0.6 is 0 Å². The zero-order chi connectivity index (χ0) is 6.69. The molecule has 1 unspecified atom stereocenters. The predicted molar refractivity (Wildman–Crippen MR) is 32.9 cm³/mol. The van der Waals surface area contributed by atoms with Crippen LogP contribution in [-0.2, 0) is 0 Å². The summed E-state index contributed by atoms with van der Waals surface area (Å²) in [7, 11) is 0. The van der Waals surface area contributed by atoms with Gasteiger partial charge in [0.2, 0.25) is 0 Å². The van der Waals surface area contributed by atoms with E-state index < -0.39 is 0 Å². The van der Waals surface area contributed by atoms with Crippen molar-refractivity contribution in [3.05, 3.63) is 0 Å². The van der Waals surface area contributed by atoms with Crippen LogP contribution in [0.15, 0.2) is 0 Å². The molecule has 1 atom stereocenters. The molecule has 50 valence electrons. The second kappa shape index (κ2) is 2.67. The van der Waals surface area contributed by atoms with Gasteiger partial charge in [0.15, 0.2) is 6.19 Å². The maximum Gasteiger partial charge on any atom is 0.181 e. The van der Waals surface area contributed by atoms with Crippen molar-refractivity contribution in [2.45, 2.75) is 12.7 Å². The molecule has 0 radical (unpaired) electrons. The number of nitrogens with zero attached hydrogens (tertiary/aromatic N) is 2. The second-order valence-electron chi connectivity index (χ2n) is 2.05. The molecule has 0 amide bonds. The van der Waals surface area contributed by atoms with E-state index in [1.807, 2.05) is 6.19 Å². The summed E-state index contributed by atoms with van der Waals surface area (Å²) in [5.41, 5.74) is 5.48. The van der Waals surface area contributed by atoms with E-state index in [4.69, 9.17) is 11.0 Å². The first kappa shape index (κ1) is 6.33. The van der Waals surface area contributed by atoms with Crippen LogP contribution < -0.4 is 11.1 Å². The Hall–Kier alpha value is -0.790. The smallest absolute Gasteiger partial charge is 0.181 e. The van der Waals surface area contributed by atoms with Crippen LogP contribution in [0.2, 0.25) is 0 Å². The van der Waals surface area contributed by atoms with Gasteiger partial charge in [-0.15, -0.1) is 0 Å². The highest BCUT2D eigenvalue weighted by atomic mass is 15.3. The summed E-state index contributed by atoms with van der Waals surface area (Å²) in [4.78, 5) is 1.53. The highest BCUT2D eigenvalue weighted by Gasteiger charge is 2.14. The van der Waals surface area contributed by atoms with Crippen molar-refractivity contribution in [3.8, 4) is 6.19 Å². The van der Waals surface area contributed by atoms with Gasteiger partial charge in [0, 0.05) is 6.54 Å². The lowest BCUT2D eigenvalue weighted by Gasteiger charge is -2.28. The lowest BCUT2D eigenvalue weighted by Crippen LogP contribution is -2.54. The fourth-order valence-electron chi connectivity index (χ4n) is 0.861. The van der Waals surface area contributed by atoms with Gasteiger partial charge in [-0.2, -0.15) is 5.26 Å². The molecule has 0 aromatic rings. The SMILES string of the molecule is N#CN1CCCNC1N. The summed E-state index contributed by atoms with van der Waals surface area (Å²) in [6.07, 6.45) is 2.74. The molecule has 9 heavy (non-hydrogen) atoms. The number of rotatable bonds is 0. The highest BCUT2D eigenvalue weighted by molar-refractivity contribution is 4.80. The number of hydrogen-bond donors (Lipinski definition) is 2. The van der Waals surface area contributed by atoms with Gasteiger partial charge in [-0.1, -0.05) is 0 Å². The van der Waals surface area contributed by atoms with Gasteiger partial charge in [-0.3, -0.25) is 16.0 Å². The largest absolute Gasteiger partial charge is 0.298 e. The van der Waals surface area contributed by atoms with E-state index in [-0.39, 0.29) is 6.29 Å². The molecule has 1 aliphatic heterocycles. The molecule has 0 aromatic heterocycles. The van der Waals surface area contributed by atoms with E-state index in [0.29, 0.717) is 0 Å². The average molecular weight is 126 g/mol. The van der Waals surface area contributed by atoms with Crippen molar-refractivity contribution in [3.63, 3.8) is 0 Å². The molecule has 0 aliphatic carbocycles. The molecule has 1 rings (SSSR count). The Morgan fingerprint density at radius 3 is 3.00 bits per heavy atom. The van der Waals surface area contributed by atoms with Crippen molar-refractivity contribution in [1.29, 1.82) is 5.26 Å². The van der Waals surface area contributed by atoms with E-state index >= 15 is 0 Å². The van der Waals surface area contributed by atoms with Gasteiger partial charge in [-0.05, 0) is 13.0 Å². The third-order valence-corrected chi connectivity index (χ3v) is 1.39. The number of nitrogens with one attached hydrogen (secondary N) is 1. The summed E-state index contributed by atoms with van der Waals surface area (Å²) in [5.74, 6) is 0. The standard InChI is InChI=1S/C5H10N4/c6-4-9-3-1-2-8-5(9)7/h5,8H,1-3,7H2. The highest BCUT2D eigenvalue weighted by Crippen LogP contribution is 1.96. The zero-order valence-electron chi connectivity index (χ0n) is 5.17. The Morgan fingerprint density at radius 2 is 2.56 bits per heavy atom. The Morgan fingerprint density at radius 1 is 1.78 bits per heavy atom. The molecule has 1 fully saturated rings. The molecule has 4 nitrogen and oxygen atoms in total. The van der Waals surface area contributed by atoms with E-state index in [0.717, 1.165) is 19.5 Å². The molecule has 1 aliphatic rings. The molecular formula is C5H10N4. The summed E-state index contributed by atoms with van der Waals surface area (Å²) < 4.78 is 0. The van der Waals surface area contributed by atoms with Gasteiger partial charge in [0.25, 0.3) is 0 Å². The zero-order valence-corrected chi connectivity index (χ0v) is 5.17. The van der Waals surface area contributed by atoms with Gasteiger partial charge in [-0.25, -0.2) is 0 Å². The lowest BCUT2D eigenvalue weighted by molar-refractivity contribution is 0.208. The van der Waals surface area contributed by atoms with Crippen molar-refractivity contribution in [1.82, 2.24) is 10.2 Å². The third kappa shape index (κ3) is 1.31. The Bertz CT molecular complexity index is 127. The average Bonchev–Trinajstić information content (AvgIpc) is 1.89. The molecule has 0 aromatic carbocycles. The monoisotopic (exact) mass is 126 g/mol. The van der Waals surface area contributed by atoms with Crippen LogP contribution in [0, 0.1) is 11.5 Å². The normalized spacial score (nSPS) is 27.6. The van der Waals surface area contributed by atoms with Crippen molar-refractivity contribution < 1.29 is 0 Å². The first-order chi connectivity index (χ1) is 4.34. The molecule has 0 saturated carbocycles. The second-order valence-corrected chi connectivity index (χ2v) is 2.05. The van der Waals surface area contributed by atoms with E-state index in [2.05, 4.69) is 5.32 Å². The predicted octanol–water partition coefficient (Wildman–Crippen LogP) is -0.995. The van der Waals surface area contributed by atoms with Gasteiger partial charge < -0.3 is 0 Å². The van der Waals surface area contributed by atoms with Crippen LogP contribution in [0.3, 0.4) is 0 Å². The fraction of sp³-hybridized carbons (Fsp3) is 0.800. The van der Waals surface area contributed by atoms with Crippen molar-refractivity contribution >= 4 is 0 Å². The quantitative estimate of drug-likeness (QED) is 0.409. The van der Waals surface area contributed by atoms with E-state index in [1.54, 1.807) is 0 Å². The Kier molecular flexibility index (Phi) is 1.88. The summed E-state index contributed by atoms with van der Waals surface area (Å²) in [5, 5.41) is 11.4. The lowest BCUT2D eigenvalue weighted by atomic mass is 10.3. The number of nitrogens with two attached hydrogens (primary N) is 1. The van der Waals surface area contributed by atoms with Crippen LogP contribution in [0.5, 0.6) is 0 Å². The van der Waals surface area contributed by atoms with E-state index in [9.17, 15) is 0 Å². The fourth-order valence-corrected chi connectivity index (χ4v) is 0.861. The maximum atomic E-state index is 8.42. The van der Waals surface area contributed by atoms with Crippen LogP contribution in [0.1, 0.15) is 6.42 Å². The summed E-state index contributed by atoms with van der Waals surface area (Å²) >= 11 is 0. The first-order valence-corrected chi connectivity index (χ1v) is 3.00.